The molecule has 3 heterocycles. The summed E-state index contributed by atoms with van der Waals surface area (Å²) in [4.78, 5) is 29.2. The summed E-state index contributed by atoms with van der Waals surface area (Å²) in [6, 6.07) is 13.1. The van der Waals surface area contributed by atoms with E-state index < -0.39 is 5.97 Å². The first-order chi connectivity index (χ1) is 15.0. The van der Waals surface area contributed by atoms with Crippen molar-refractivity contribution >= 4 is 23.6 Å². The van der Waals surface area contributed by atoms with Crippen molar-refractivity contribution in [2.24, 2.45) is 0 Å². The smallest absolute Gasteiger partial charge is 0.342 e. The molecule has 0 aliphatic rings. The summed E-state index contributed by atoms with van der Waals surface area (Å²) in [5.41, 5.74) is 8.60. The van der Waals surface area contributed by atoms with Gasteiger partial charge in [-0.2, -0.15) is 20.1 Å². The molecule has 0 saturated heterocycles. The third kappa shape index (κ3) is 4.47. The van der Waals surface area contributed by atoms with E-state index in [0.717, 1.165) is 11.3 Å². The maximum Gasteiger partial charge on any atom is 0.342 e. The van der Waals surface area contributed by atoms with Crippen molar-refractivity contribution in [3.05, 3.63) is 77.5 Å². The third-order valence-corrected chi connectivity index (χ3v) is 4.52. The highest BCUT2D eigenvalue weighted by Crippen LogP contribution is 2.18. The molecule has 0 bridgehead atoms. The summed E-state index contributed by atoms with van der Waals surface area (Å²) in [6.45, 7) is 3.56. The monoisotopic (exact) mass is 416 g/mol. The Kier molecular flexibility index (Phi) is 5.52. The molecular weight excluding hydrogens is 396 g/mol. The quantitative estimate of drug-likeness (QED) is 0.455. The maximum absolute atomic E-state index is 12.6. The molecule has 10 heteroatoms. The number of carbonyl (C=O) groups excluding carboxylic acids is 1. The normalized spacial score (nSPS) is 10.6. The summed E-state index contributed by atoms with van der Waals surface area (Å²) in [5, 5.41) is 7.33. The highest BCUT2D eigenvalue weighted by Gasteiger charge is 2.18. The molecule has 3 N–H and O–H groups in total. The van der Waals surface area contributed by atoms with Crippen LogP contribution < -0.4 is 11.1 Å². The lowest BCUT2D eigenvalue weighted by Gasteiger charge is -2.10. The number of aryl methyl sites for hydroxylation is 1. The Labute approximate surface area is 178 Å². The molecule has 0 unspecified atom stereocenters. The van der Waals surface area contributed by atoms with Crippen LogP contribution in [0.4, 0.5) is 17.6 Å². The second-order valence-corrected chi connectivity index (χ2v) is 6.69. The number of esters is 1. The van der Waals surface area contributed by atoms with E-state index in [2.05, 4.69) is 30.4 Å². The number of hydrogen-bond acceptors (Lipinski definition) is 9. The average Bonchev–Trinajstić information content (AvgIpc) is 3.15. The maximum atomic E-state index is 12.6. The van der Waals surface area contributed by atoms with Gasteiger partial charge in [0, 0.05) is 11.9 Å². The van der Waals surface area contributed by atoms with Crippen LogP contribution in [-0.2, 0) is 11.3 Å². The molecule has 1 aromatic carbocycles. The topological polar surface area (TPSA) is 134 Å². The van der Waals surface area contributed by atoms with Crippen LogP contribution in [0.2, 0.25) is 0 Å². The van der Waals surface area contributed by atoms with Crippen molar-refractivity contribution in [2.45, 2.75) is 20.5 Å². The van der Waals surface area contributed by atoms with Gasteiger partial charge in [-0.3, -0.25) is 0 Å². The molecule has 0 fully saturated rings. The molecule has 10 nitrogen and oxygen atoms in total. The van der Waals surface area contributed by atoms with Crippen molar-refractivity contribution in [1.29, 1.82) is 0 Å². The zero-order chi connectivity index (χ0) is 21.8. The highest BCUT2D eigenvalue weighted by atomic mass is 16.5. The Morgan fingerprint density at radius 3 is 2.68 bits per heavy atom. The summed E-state index contributed by atoms with van der Waals surface area (Å²) in [7, 11) is 0. The second-order valence-electron chi connectivity index (χ2n) is 6.69. The standard InChI is InChI=1S/C21H20N8O2/c1-13-7-3-4-8-16(13)25-21-27-17(26-20(22)28-21)12-31-19(30)15-11-24-29(14(15)2)18-9-5-6-10-23-18/h3-11H,12H2,1-2H3,(H3,22,25,26,27,28). The number of nitrogens with one attached hydrogen (secondary N) is 1. The van der Waals surface area contributed by atoms with Crippen molar-refractivity contribution in [1.82, 2.24) is 29.7 Å². The number of rotatable bonds is 6. The number of nitrogen functional groups attached to an aromatic ring is 1. The molecule has 156 valence electrons. The molecule has 4 rings (SSSR count). The zero-order valence-corrected chi connectivity index (χ0v) is 17.0. The van der Waals surface area contributed by atoms with Crippen molar-refractivity contribution in [3.8, 4) is 5.82 Å². The number of pyridine rings is 1. The lowest BCUT2D eigenvalue weighted by atomic mass is 10.2. The van der Waals surface area contributed by atoms with Gasteiger partial charge in [0.2, 0.25) is 11.9 Å². The van der Waals surface area contributed by atoms with Gasteiger partial charge in [-0.1, -0.05) is 24.3 Å². The number of benzene rings is 1. The summed E-state index contributed by atoms with van der Waals surface area (Å²) < 4.78 is 6.95. The number of hydrogen-bond donors (Lipinski definition) is 2. The predicted molar refractivity (Wildman–Crippen MR) is 114 cm³/mol. The summed E-state index contributed by atoms with van der Waals surface area (Å²) in [6.07, 6.45) is 3.10. The molecule has 0 radical (unpaired) electrons. The van der Waals surface area contributed by atoms with Gasteiger partial charge in [-0.15, -0.1) is 0 Å². The molecule has 0 aliphatic carbocycles. The number of aromatic nitrogens is 6. The molecule has 0 atom stereocenters. The van der Waals surface area contributed by atoms with Gasteiger partial charge < -0.3 is 15.8 Å². The van der Waals surface area contributed by atoms with Crippen LogP contribution in [0.15, 0.2) is 54.9 Å². The third-order valence-electron chi connectivity index (χ3n) is 4.52. The van der Waals surface area contributed by atoms with E-state index in [1.807, 2.05) is 37.3 Å². The second kappa shape index (κ2) is 8.57. The number of para-hydroxylation sites is 1. The fourth-order valence-corrected chi connectivity index (χ4v) is 2.92. The van der Waals surface area contributed by atoms with Crippen molar-refractivity contribution in [2.75, 3.05) is 11.1 Å². The van der Waals surface area contributed by atoms with Gasteiger partial charge in [0.05, 0.1) is 11.9 Å². The first-order valence-corrected chi connectivity index (χ1v) is 9.47. The van der Waals surface area contributed by atoms with Crippen LogP contribution >= 0.6 is 0 Å². The zero-order valence-electron chi connectivity index (χ0n) is 17.0. The van der Waals surface area contributed by atoms with Crippen LogP contribution in [-0.4, -0.2) is 35.7 Å². The van der Waals surface area contributed by atoms with E-state index >= 15 is 0 Å². The lowest BCUT2D eigenvalue weighted by Crippen LogP contribution is -2.12. The fraction of sp³-hybridized carbons (Fsp3) is 0.143. The Morgan fingerprint density at radius 1 is 1.10 bits per heavy atom. The minimum absolute atomic E-state index is 0.0243. The van der Waals surface area contributed by atoms with Gasteiger partial charge in [0.15, 0.2) is 18.2 Å². The van der Waals surface area contributed by atoms with E-state index in [4.69, 9.17) is 10.5 Å². The Morgan fingerprint density at radius 2 is 1.90 bits per heavy atom. The van der Waals surface area contributed by atoms with Gasteiger partial charge in [0.1, 0.15) is 5.56 Å². The summed E-state index contributed by atoms with van der Waals surface area (Å²) >= 11 is 0. The van der Waals surface area contributed by atoms with Crippen LogP contribution in [0.25, 0.3) is 5.82 Å². The van der Waals surface area contributed by atoms with Gasteiger partial charge in [-0.05, 0) is 37.6 Å². The molecular formula is C21H20N8O2. The van der Waals surface area contributed by atoms with E-state index in [9.17, 15) is 4.79 Å². The van der Waals surface area contributed by atoms with E-state index in [0.29, 0.717) is 17.1 Å². The molecule has 0 saturated carbocycles. The first-order valence-electron chi connectivity index (χ1n) is 9.47. The first kappa shape index (κ1) is 20.0. The van der Waals surface area contributed by atoms with E-state index in [1.165, 1.54) is 6.20 Å². The summed E-state index contributed by atoms with van der Waals surface area (Å²) in [5.74, 6) is 0.582. The number of anilines is 3. The van der Waals surface area contributed by atoms with Crippen molar-refractivity contribution in [3.63, 3.8) is 0 Å². The van der Waals surface area contributed by atoms with E-state index in [-0.39, 0.29) is 24.3 Å². The molecule has 31 heavy (non-hydrogen) atoms. The minimum atomic E-state index is -0.549. The Hall–Kier alpha value is -4.34. The molecule has 4 aromatic rings. The molecule has 0 amide bonds. The van der Waals surface area contributed by atoms with Gasteiger partial charge in [0.25, 0.3) is 0 Å². The van der Waals surface area contributed by atoms with Crippen LogP contribution in [0.1, 0.15) is 27.4 Å². The number of nitrogens with two attached hydrogens (primary N) is 1. The van der Waals surface area contributed by atoms with Gasteiger partial charge in [-0.25, -0.2) is 14.5 Å². The van der Waals surface area contributed by atoms with Gasteiger partial charge >= 0.3 is 5.97 Å². The Bertz CT molecular complexity index is 1220. The van der Waals surface area contributed by atoms with Crippen LogP contribution in [0, 0.1) is 13.8 Å². The average molecular weight is 416 g/mol. The predicted octanol–water partition coefficient (Wildman–Crippen LogP) is 2.75. The number of ether oxygens (including phenoxy) is 1. The Balaban J connectivity index is 1.47. The minimum Gasteiger partial charge on any atom is -0.454 e. The molecule has 0 aliphatic heterocycles. The molecule has 0 spiro atoms. The SMILES string of the molecule is Cc1ccccc1Nc1nc(N)nc(COC(=O)c2cnn(-c3ccccn3)c2C)n1. The van der Waals surface area contributed by atoms with Crippen LogP contribution in [0.3, 0.4) is 0 Å². The van der Waals surface area contributed by atoms with Crippen molar-refractivity contribution < 1.29 is 9.53 Å². The molecule has 3 aromatic heterocycles. The number of nitrogens with zero attached hydrogens (tertiary/aromatic N) is 6. The number of carbonyl (C=O) groups is 1. The lowest BCUT2D eigenvalue weighted by molar-refractivity contribution is 0.0461. The van der Waals surface area contributed by atoms with Crippen LogP contribution in [0.5, 0.6) is 0 Å². The largest absolute Gasteiger partial charge is 0.454 e. The fourth-order valence-electron chi connectivity index (χ4n) is 2.92. The van der Waals surface area contributed by atoms with E-state index in [1.54, 1.807) is 29.9 Å². The highest BCUT2D eigenvalue weighted by molar-refractivity contribution is 5.90.